The van der Waals surface area contributed by atoms with Crippen LogP contribution in [0.4, 0.5) is 0 Å². The zero-order valence-electron chi connectivity index (χ0n) is 18.8. The van der Waals surface area contributed by atoms with Crippen molar-refractivity contribution in [2.75, 3.05) is 12.9 Å². The average Bonchev–Trinajstić information content (AvgIpc) is 2.87. The van der Waals surface area contributed by atoms with Crippen LogP contribution in [0.1, 0.15) is 11.1 Å². The van der Waals surface area contributed by atoms with E-state index in [-0.39, 0.29) is 11.7 Å². The third-order valence-corrected chi connectivity index (χ3v) is 6.63. The zero-order valence-corrected chi connectivity index (χ0v) is 21.2. The molecule has 0 bridgehead atoms. The summed E-state index contributed by atoms with van der Waals surface area (Å²) >= 11 is 13.8. The van der Waals surface area contributed by atoms with E-state index in [0.717, 1.165) is 21.2 Å². The Hall–Kier alpha value is -3.19. The minimum atomic E-state index is -0.227. The fourth-order valence-corrected chi connectivity index (χ4v) is 4.50. The first-order valence-electron chi connectivity index (χ1n) is 10.7. The number of nitrogens with one attached hydrogen (secondary N) is 1. The molecule has 8 heteroatoms. The summed E-state index contributed by atoms with van der Waals surface area (Å²) in [5.74, 6) is 0.921. The summed E-state index contributed by atoms with van der Waals surface area (Å²) < 4.78 is 11.5. The van der Waals surface area contributed by atoms with Gasteiger partial charge in [0.15, 0.2) is 11.5 Å². The molecule has 0 fully saturated rings. The molecule has 1 N–H and O–H groups in total. The van der Waals surface area contributed by atoms with Crippen LogP contribution in [0.25, 0.3) is 10.8 Å². The standard InChI is InChI=1S/C27H22Cl2N2O3S/c1-33-25-14-18(15-30-31-26(32)17-35-22-11-9-21(28)10-12-22)13-24(29)27(25)34-16-20-7-4-6-19-5-2-3-8-23(19)20/h2-15H,16-17H2,1H3,(H,31,32)/b30-15-. The van der Waals surface area contributed by atoms with Crippen molar-refractivity contribution >= 4 is 57.9 Å². The quantitative estimate of drug-likeness (QED) is 0.146. The molecule has 4 aromatic carbocycles. The molecular weight excluding hydrogens is 503 g/mol. The summed E-state index contributed by atoms with van der Waals surface area (Å²) in [6.45, 7) is 0.339. The van der Waals surface area contributed by atoms with Crippen molar-refractivity contribution in [2.24, 2.45) is 5.10 Å². The molecule has 4 aromatic rings. The van der Waals surface area contributed by atoms with Crippen LogP contribution in [0.2, 0.25) is 10.0 Å². The molecule has 5 nitrogen and oxygen atoms in total. The normalized spacial score (nSPS) is 11.1. The highest BCUT2D eigenvalue weighted by Crippen LogP contribution is 2.37. The first kappa shape index (κ1) is 24.9. The number of methoxy groups -OCH3 is 1. The number of hydrazone groups is 1. The summed E-state index contributed by atoms with van der Waals surface area (Å²) in [6, 6.07) is 25.0. The highest BCUT2D eigenvalue weighted by atomic mass is 35.5. The molecule has 1 amide bonds. The average molecular weight is 525 g/mol. The second-order valence-corrected chi connectivity index (χ2v) is 9.39. The Morgan fingerprint density at radius 2 is 1.80 bits per heavy atom. The van der Waals surface area contributed by atoms with E-state index in [1.54, 1.807) is 31.4 Å². The van der Waals surface area contributed by atoms with Gasteiger partial charge in [0.25, 0.3) is 0 Å². The molecule has 0 saturated heterocycles. The van der Waals surface area contributed by atoms with E-state index in [1.807, 2.05) is 36.4 Å². The summed E-state index contributed by atoms with van der Waals surface area (Å²) in [5.41, 5.74) is 4.23. The SMILES string of the molecule is COc1cc(/C=N\NC(=O)CSc2ccc(Cl)cc2)cc(Cl)c1OCc1cccc2ccccc12. The highest BCUT2D eigenvalue weighted by molar-refractivity contribution is 8.00. The van der Waals surface area contributed by atoms with Crippen molar-refractivity contribution in [2.45, 2.75) is 11.5 Å². The molecule has 0 aliphatic heterocycles. The van der Waals surface area contributed by atoms with Crippen LogP contribution in [0, 0.1) is 0 Å². The lowest BCUT2D eigenvalue weighted by molar-refractivity contribution is -0.118. The van der Waals surface area contributed by atoms with Gasteiger partial charge in [-0.15, -0.1) is 11.8 Å². The fraction of sp³-hybridized carbons (Fsp3) is 0.111. The van der Waals surface area contributed by atoms with E-state index >= 15 is 0 Å². The zero-order chi connectivity index (χ0) is 24.6. The summed E-state index contributed by atoms with van der Waals surface area (Å²) in [7, 11) is 1.55. The number of hydrogen-bond acceptors (Lipinski definition) is 5. The van der Waals surface area contributed by atoms with Gasteiger partial charge < -0.3 is 9.47 Å². The number of benzene rings is 4. The minimum absolute atomic E-state index is 0.226. The van der Waals surface area contributed by atoms with E-state index in [2.05, 4.69) is 28.7 Å². The maximum atomic E-state index is 12.1. The van der Waals surface area contributed by atoms with Gasteiger partial charge in [-0.3, -0.25) is 4.79 Å². The number of carbonyl (C=O) groups is 1. The summed E-state index contributed by atoms with van der Waals surface area (Å²) in [6.07, 6.45) is 1.51. The molecule has 0 aliphatic carbocycles. The molecule has 178 valence electrons. The first-order chi connectivity index (χ1) is 17.0. The van der Waals surface area contributed by atoms with Gasteiger partial charge in [-0.25, -0.2) is 5.43 Å². The number of ether oxygens (including phenoxy) is 2. The second kappa shape index (κ2) is 12.0. The van der Waals surface area contributed by atoms with Gasteiger partial charge in [0.05, 0.1) is 24.1 Å². The lowest BCUT2D eigenvalue weighted by atomic mass is 10.1. The molecule has 0 unspecified atom stereocenters. The van der Waals surface area contributed by atoms with E-state index in [0.29, 0.717) is 33.7 Å². The van der Waals surface area contributed by atoms with Gasteiger partial charge in [0.1, 0.15) is 6.61 Å². The van der Waals surface area contributed by atoms with Gasteiger partial charge in [-0.1, -0.05) is 65.7 Å². The maximum Gasteiger partial charge on any atom is 0.250 e. The smallest absolute Gasteiger partial charge is 0.250 e. The van der Waals surface area contributed by atoms with E-state index in [1.165, 1.54) is 18.0 Å². The van der Waals surface area contributed by atoms with Gasteiger partial charge in [-0.2, -0.15) is 5.10 Å². The first-order valence-corrected chi connectivity index (χ1v) is 12.4. The number of halogens is 2. The molecule has 0 heterocycles. The number of fused-ring (bicyclic) bond motifs is 1. The van der Waals surface area contributed by atoms with Gasteiger partial charge >= 0.3 is 0 Å². The largest absolute Gasteiger partial charge is 0.493 e. The van der Waals surface area contributed by atoms with Crippen LogP contribution in [0.5, 0.6) is 11.5 Å². The molecule has 0 aliphatic rings. The summed E-state index contributed by atoms with van der Waals surface area (Å²) in [5, 5.41) is 7.34. The van der Waals surface area contributed by atoms with Crippen LogP contribution in [-0.4, -0.2) is 25.0 Å². The van der Waals surface area contributed by atoms with Crippen LogP contribution < -0.4 is 14.9 Å². The van der Waals surface area contributed by atoms with Crippen molar-refractivity contribution in [1.82, 2.24) is 5.43 Å². The van der Waals surface area contributed by atoms with E-state index in [9.17, 15) is 4.79 Å². The topological polar surface area (TPSA) is 59.9 Å². The molecule has 0 spiro atoms. The fourth-order valence-electron chi connectivity index (χ4n) is 3.41. The van der Waals surface area contributed by atoms with Crippen LogP contribution in [-0.2, 0) is 11.4 Å². The second-order valence-electron chi connectivity index (χ2n) is 7.50. The summed E-state index contributed by atoms with van der Waals surface area (Å²) in [4.78, 5) is 13.0. The van der Waals surface area contributed by atoms with Crippen LogP contribution in [0.15, 0.2) is 88.9 Å². The molecule has 0 aromatic heterocycles. The number of thioether (sulfide) groups is 1. The third-order valence-electron chi connectivity index (χ3n) is 5.09. The predicted molar refractivity (Wildman–Crippen MR) is 144 cm³/mol. The molecular formula is C27H22Cl2N2O3S. The van der Waals surface area contributed by atoms with Crippen LogP contribution in [0.3, 0.4) is 0 Å². The molecule has 35 heavy (non-hydrogen) atoms. The number of nitrogens with zero attached hydrogens (tertiary/aromatic N) is 1. The number of rotatable bonds is 9. The number of carbonyl (C=O) groups excluding carboxylic acids is 1. The van der Waals surface area contributed by atoms with Crippen molar-refractivity contribution < 1.29 is 14.3 Å². The Morgan fingerprint density at radius 1 is 1.03 bits per heavy atom. The monoisotopic (exact) mass is 524 g/mol. The minimum Gasteiger partial charge on any atom is -0.493 e. The Kier molecular flexibility index (Phi) is 8.53. The van der Waals surface area contributed by atoms with Crippen molar-refractivity contribution in [3.8, 4) is 11.5 Å². The lowest BCUT2D eigenvalue weighted by Gasteiger charge is -2.14. The van der Waals surface area contributed by atoms with Crippen molar-refractivity contribution in [3.05, 3.63) is 100 Å². The molecule has 4 rings (SSSR count). The van der Waals surface area contributed by atoms with Crippen molar-refractivity contribution in [3.63, 3.8) is 0 Å². The maximum absolute atomic E-state index is 12.1. The Morgan fingerprint density at radius 3 is 2.60 bits per heavy atom. The third kappa shape index (κ3) is 6.69. The van der Waals surface area contributed by atoms with Gasteiger partial charge in [0.2, 0.25) is 5.91 Å². The lowest BCUT2D eigenvalue weighted by Crippen LogP contribution is -2.19. The Bertz CT molecular complexity index is 1360. The predicted octanol–water partition coefficient (Wildman–Crippen LogP) is 6.98. The molecule has 0 atom stereocenters. The van der Waals surface area contributed by atoms with E-state index in [4.69, 9.17) is 32.7 Å². The van der Waals surface area contributed by atoms with Gasteiger partial charge in [-0.05, 0) is 58.3 Å². The Labute approximate surface area is 218 Å². The highest BCUT2D eigenvalue weighted by Gasteiger charge is 2.13. The number of hydrogen-bond donors (Lipinski definition) is 1. The van der Waals surface area contributed by atoms with Crippen LogP contribution >= 0.6 is 35.0 Å². The molecule has 0 radical (unpaired) electrons. The van der Waals surface area contributed by atoms with E-state index < -0.39 is 0 Å². The van der Waals surface area contributed by atoms with Crippen molar-refractivity contribution in [1.29, 1.82) is 0 Å². The molecule has 0 saturated carbocycles. The number of amides is 1. The van der Waals surface area contributed by atoms with Gasteiger partial charge in [0, 0.05) is 9.92 Å². The Balaban J connectivity index is 1.38.